The molecule has 1 aromatic heterocycles. The Balaban J connectivity index is 1.41. The number of aromatic nitrogens is 2. The Morgan fingerprint density at radius 1 is 0.967 bits per heavy atom. The molecule has 1 fully saturated rings. The number of nitrogens with zero attached hydrogens (tertiary/aromatic N) is 3. The van der Waals surface area contributed by atoms with Gasteiger partial charge in [0.2, 0.25) is 0 Å². The Hall–Kier alpha value is -2.92. The first-order chi connectivity index (χ1) is 14.8. The predicted octanol–water partition coefficient (Wildman–Crippen LogP) is 4.20. The molecule has 2 aliphatic rings. The van der Waals surface area contributed by atoms with Crippen molar-refractivity contribution in [1.29, 1.82) is 0 Å². The monoisotopic (exact) mass is 401 g/mol. The van der Waals surface area contributed by atoms with Gasteiger partial charge in [0.15, 0.2) is 5.69 Å². The number of hydrogen-bond donors (Lipinski definition) is 0. The van der Waals surface area contributed by atoms with Crippen LogP contribution < -0.4 is 0 Å². The summed E-state index contributed by atoms with van der Waals surface area (Å²) in [6.07, 6.45) is 4.58. The summed E-state index contributed by atoms with van der Waals surface area (Å²) in [5, 5.41) is 0. The zero-order valence-electron chi connectivity index (χ0n) is 17.2. The van der Waals surface area contributed by atoms with Crippen molar-refractivity contribution in [3.05, 3.63) is 89.0 Å². The van der Waals surface area contributed by atoms with E-state index >= 15 is 0 Å². The Kier molecular flexibility index (Phi) is 5.37. The minimum absolute atomic E-state index is 0.265. The lowest BCUT2D eigenvalue weighted by Gasteiger charge is -2.39. The predicted molar refractivity (Wildman–Crippen MR) is 115 cm³/mol. The summed E-state index contributed by atoms with van der Waals surface area (Å²) in [5.74, 6) is 0.660. The number of rotatable bonds is 6. The van der Waals surface area contributed by atoms with Gasteiger partial charge in [0.1, 0.15) is 12.4 Å². The minimum Gasteiger partial charge on any atom is -0.456 e. The van der Waals surface area contributed by atoms with Gasteiger partial charge in [-0.15, -0.1) is 0 Å². The summed E-state index contributed by atoms with van der Waals surface area (Å²) >= 11 is 0. The molecule has 2 heterocycles. The molecule has 5 rings (SSSR count). The van der Waals surface area contributed by atoms with Gasteiger partial charge in [-0.05, 0) is 24.0 Å². The SMILES string of the molecule is O=C(OCc1ccccc1)c1nc2n(c1Cc1ccccc1)CCN(C1CCC1)C2. The fraction of sp³-hybridized carbons (Fsp3) is 0.360. The Morgan fingerprint density at radius 2 is 1.67 bits per heavy atom. The van der Waals surface area contributed by atoms with Crippen LogP contribution in [-0.2, 0) is 30.9 Å². The fourth-order valence-electron chi connectivity index (χ4n) is 4.40. The van der Waals surface area contributed by atoms with Crippen LogP contribution in [0.1, 0.15) is 52.4 Å². The molecule has 30 heavy (non-hydrogen) atoms. The summed E-state index contributed by atoms with van der Waals surface area (Å²) in [6.45, 7) is 2.99. The van der Waals surface area contributed by atoms with E-state index in [0.29, 0.717) is 18.2 Å². The minimum atomic E-state index is -0.332. The van der Waals surface area contributed by atoms with Crippen LogP contribution in [0.3, 0.4) is 0 Å². The average Bonchev–Trinajstić information content (AvgIpc) is 3.10. The molecule has 1 aliphatic carbocycles. The van der Waals surface area contributed by atoms with Gasteiger partial charge >= 0.3 is 5.97 Å². The number of benzene rings is 2. The fourth-order valence-corrected chi connectivity index (χ4v) is 4.40. The van der Waals surface area contributed by atoms with E-state index in [1.807, 2.05) is 48.5 Å². The molecule has 0 spiro atoms. The molecule has 0 saturated heterocycles. The van der Waals surface area contributed by atoms with Crippen molar-refractivity contribution in [3.8, 4) is 0 Å². The number of ether oxygens (including phenoxy) is 1. The van der Waals surface area contributed by atoms with Crippen LogP contribution in [0.25, 0.3) is 0 Å². The first kappa shape index (κ1) is 19.1. The van der Waals surface area contributed by atoms with Crippen molar-refractivity contribution in [3.63, 3.8) is 0 Å². The topological polar surface area (TPSA) is 47.4 Å². The first-order valence-corrected chi connectivity index (χ1v) is 10.9. The van der Waals surface area contributed by atoms with E-state index in [-0.39, 0.29) is 12.6 Å². The van der Waals surface area contributed by atoms with Crippen LogP contribution >= 0.6 is 0 Å². The number of esters is 1. The van der Waals surface area contributed by atoms with Gasteiger partial charge in [-0.1, -0.05) is 67.1 Å². The van der Waals surface area contributed by atoms with Gasteiger partial charge in [0.05, 0.1) is 12.2 Å². The van der Waals surface area contributed by atoms with Crippen LogP contribution in [0.5, 0.6) is 0 Å². The highest BCUT2D eigenvalue weighted by Crippen LogP contribution is 2.29. The lowest BCUT2D eigenvalue weighted by atomic mass is 9.91. The third-order valence-corrected chi connectivity index (χ3v) is 6.32. The quantitative estimate of drug-likeness (QED) is 0.581. The maximum atomic E-state index is 13.0. The largest absolute Gasteiger partial charge is 0.456 e. The molecule has 3 aromatic rings. The number of imidazole rings is 1. The zero-order valence-corrected chi connectivity index (χ0v) is 17.2. The number of fused-ring (bicyclic) bond motifs is 1. The molecular weight excluding hydrogens is 374 g/mol. The van der Waals surface area contributed by atoms with Crippen molar-refractivity contribution in [2.45, 2.75) is 51.4 Å². The van der Waals surface area contributed by atoms with Gasteiger partial charge < -0.3 is 9.30 Å². The highest BCUT2D eigenvalue weighted by atomic mass is 16.5. The molecule has 0 unspecified atom stereocenters. The van der Waals surface area contributed by atoms with Crippen molar-refractivity contribution in [1.82, 2.24) is 14.5 Å². The first-order valence-electron chi connectivity index (χ1n) is 10.9. The molecule has 1 aliphatic heterocycles. The normalized spacial score (nSPS) is 16.7. The standard InChI is InChI=1S/C25H27N3O2/c29-25(30-18-20-10-5-2-6-11-20)24-22(16-19-8-3-1-4-9-19)28-15-14-27(17-23(28)26-24)21-12-7-13-21/h1-6,8-11,21H,7,12-18H2. The van der Waals surface area contributed by atoms with Gasteiger partial charge in [0.25, 0.3) is 0 Å². The van der Waals surface area contributed by atoms with Gasteiger partial charge in [-0.2, -0.15) is 0 Å². The second kappa shape index (κ2) is 8.44. The van der Waals surface area contributed by atoms with E-state index in [0.717, 1.165) is 36.7 Å². The summed E-state index contributed by atoms with van der Waals surface area (Å²) in [5.41, 5.74) is 3.61. The van der Waals surface area contributed by atoms with E-state index < -0.39 is 0 Å². The van der Waals surface area contributed by atoms with E-state index in [1.54, 1.807) is 0 Å². The lowest BCUT2D eigenvalue weighted by Crippen LogP contribution is -2.44. The highest BCUT2D eigenvalue weighted by Gasteiger charge is 2.32. The van der Waals surface area contributed by atoms with Crippen LogP contribution in [0.15, 0.2) is 60.7 Å². The van der Waals surface area contributed by atoms with E-state index in [2.05, 4.69) is 21.6 Å². The van der Waals surface area contributed by atoms with Gasteiger partial charge in [0, 0.05) is 25.6 Å². The molecule has 154 valence electrons. The third kappa shape index (κ3) is 3.90. The summed E-state index contributed by atoms with van der Waals surface area (Å²) in [7, 11) is 0. The van der Waals surface area contributed by atoms with Crippen LogP contribution in [0.4, 0.5) is 0 Å². The third-order valence-electron chi connectivity index (χ3n) is 6.32. The average molecular weight is 402 g/mol. The smallest absolute Gasteiger partial charge is 0.359 e. The molecular formula is C25H27N3O2. The molecule has 1 saturated carbocycles. The van der Waals surface area contributed by atoms with Crippen molar-refractivity contribution in [2.75, 3.05) is 6.54 Å². The highest BCUT2D eigenvalue weighted by molar-refractivity contribution is 5.89. The Labute approximate surface area is 177 Å². The van der Waals surface area contributed by atoms with E-state index in [9.17, 15) is 4.79 Å². The lowest BCUT2D eigenvalue weighted by molar-refractivity contribution is 0.0464. The molecule has 5 heteroatoms. The molecule has 2 aromatic carbocycles. The molecule has 0 bridgehead atoms. The summed E-state index contributed by atoms with van der Waals surface area (Å²) in [6, 6.07) is 20.8. The van der Waals surface area contributed by atoms with Crippen molar-refractivity contribution >= 4 is 5.97 Å². The van der Waals surface area contributed by atoms with Gasteiger partial charge in [-0.3, -0.25) is 4.90 Å². The number of carbonyl (C=O) groups excluding carboxylic acids is 1. The summed E-state index contributed by atoms with van der Waals surface area (Å²) < 4.78 is 7.90. The van der Waals surface area contributed by atoms with Crippen LogP contribution in [0.2, 0.25) is 0 Å². The van der Waals surface area contributed by atoms with Crippen LogP contribution in [-0.4, -0.2) is 33.0 Å². The van der Waals surface area contributed by atoms with E-state index in [1.165, 1.54) is 24.8 Å². The number of hydrogen-bond acceptors (Lipinski definition) is 4. The maximum Gasteiger partial charge on any atom is 0.359 e. The summed E-state index contributed by atoms with van der Waals surface area (Å²) in [4.78, 5) is 20.3. The molecule has 0 radical (unpaired) electrons. The van der Waals surface area contributed by atoms with Crippen molar-refractivity contribution < 1.29 is 9.53 Å². The molecule has 5 nitrogen and oxygen atoms in total. The Morgan fingerprint density at radius 3 is 2.33 bits per heavy atom. The van der Waals surface area contributed by atoms with Gasteiger partial charge in [-0.25, -0.2) is 9.78 Å². The molecule has 0 atom stereocenters. The second-order valence-corrected chi connectivity index (χ2v) is 8.25. The second-order valence-electron chi connectivity index (χ2n) is 8.25. The van der Waals surface area contributed by atoms with Crippen LogP contribution in [0, 0.1) is 0 Å². The molecule has 0 N–H and O–H groups in total. The zero-order chi connectivity index (χ0) is 20.3. The van der Waals surface area contributed by atoms with E-state index in [4.69, 9.17) is 9.72 Å². The Bertz CT molecular complexity index is 1010. The number of carbonyl (C=O) groups is 1. The van der Waals surface area contributed by atoms with Crippen molar-refractivity contribution in [2.24, 2.45) is 0 Å². The maximum absolute atomic E-state index is 13.0. The molecule has 0 amide bonds.